The Balaban J connectivity index is 2.62. The summed E-state index contributed by atoms with van der Waals surface area (Å²) in [5.74, 6) is 0.989. The van der Waals surface area contributed by atoms with Crippen LogP contribution in [0.2, 0.25) is 0 Å². The zero-order valence-corrected chi connectivity index (χ0v) is 19.5. The molecule has 116 valence electrons. The van der Waals surface area contributed by atoms with Gasteiger partial charge in [0.2, 0.25) is 0 Å². The van der Waals surface area contributed by atoms with E-state index in [1.165, 1.54) is 0 Å². The fourth-order valence-electron chi connectivity index (χ4n) is 2.19. The highest BCUT2D eigenvalue weighted by atomic mass is 79.9. The molecule has 0 bridgehead atoms. The highest BCUT2D eigenvalue weighted by Crippen LogP contribution is 2.41. The first kappa shape index (κ1) is 18.8. The largest absolute Gasteiger partial charge is 0.506 e. The Kier molecular flexibility index (Phi) is 6.50. The fraction of sp³-hybridized carbons (Fsp3) is 0.143. The molecule has 0 aliphatic carbocycles. The van der Waals surface area contributed by atoms with Crippen LogP contribution in [0.5, 0.6) is 11.5 Å². The minimum absolute atomic E-state index is 0.228. The Morgan fingerprint density at radius 3 is 2.27 bits per heavy atom. The lowest BCUT2D eigenvalue weighted by atomic mass is 9.86. The summed E-state index contributed by atoms with van der Waals surface area (Å²) in [6.45, 7) is 0. The molecule has 2 aromatic rings. The number of hydrogen-bond acceptors (Lipinski definition) is 2. The van der Waals surface area contributed by atoms with E-state index < -0.39 is 0 Å². The lowest BCUT2D eigenvalue weighted by Gasteiger charge is -2.17. The van der Waals surface area contributed by atoms with Crippen LogP contribution in [-0.4, -0.2) is 20.1 Å². The SMILES string of the molecule is Bc1c(Br)c(Br)c(Br)c(O)c1Cc1cc(Br)cc(Br)c1OC. The Labute approximate surface area is 172 Å². The summed E-state index contributed by atoms with van der Waals surface area (Å²) in [6.07, 6.45) is 0.545. The average molecular weight is 621 g/mol. The van der Waals surface area contributed by atoms with E-state index in [-0.39, 0.29) is 5.75 Å². The fourth-order valence-corrected chi connectivity index (χ4v) is 5.29. The van der Waals surface area contributed by atoms with Crippen LogP contribution >= 0.6 is 79.6 Å². The molecule has 0 saturated heterocycles. The van der Waals surface area contributed by atoms with Crippen LogP contribution in [0.4, 0.5) is 0 Å². The predicted octanol–water partition coefficient (Wildman–Crippen LogP) is 5.06. The van der Waals surface area contributed by atoms with Gasteiger partial charge in [-0.05, 0) is 65.5 Å². The van der Waals surface area contributed by atoms with E-state index in [1.807, 2.05) is 20.0 Å². The van der Waals surface area contributed by atoms with Crippen molar-refractivity contribution in [3.8, 4) is 11.5 Å². The van der Waals surface area contributed by atoms with E-state index in [0.29, 0.717) is 10.9 Å². The Morgan fingerprint density at radius 1 is 1.05 bits per heavy atom. The van der Waals surface area contributed by atoms with Crippen molar-refractivity contribution in [1.82, 2.24) is 0 Å². The summed E-state index contributed by atoms with van der Waals surface area (Å²) in [7, 11) is 3.60. The number of halogens is 5. The van der Waals surface area contributed by atoms with Gasteiger partial charge in [0.15, 0.2) is 0 Å². The van der Waals surface area contributed by atoms with Gasteiger partial charge in [0.1, 0.15) is 19.3 Å². The van der Waals surface area contributed by atoms with Crippen LogP contribution < -0.4 is 10.2 Å². The standard InChI is InChI=1S/C14H10BBr5O2/c1-22-14-5(2-6(16)4-8(14)17)3-7-9(15)10(18)11(19)12(20)13(7)21/h2,4,21H,3,15H2,1H3. The Hall–Kier alpha value is 0.505. The molecule has 2 rings (SSSR count). The van der Waals surface area contributed by atoms with Crippen molar-refractivity contribution in [2.45, 2.75) is 6.42 Å². The summed E-state index contributed by atoms with van der Waals surface area (Å²) < 4.78 is 9.65. The maximum absolute atomic E-state index is 10.5. The molecule has 0 aromatic heterocycles. The quantitative estimate of drug-likeness (QED) is 0.384. The summed E-state index contributed by atoms with van der Waals surface area (Å²) in [5.41, 5.74) is 2.79. The van der Waals surface area contributed by atoms with Gasteiger partial charge in [-0.1, -0.05) is 37.3 Å². The van der Waals surface area contributed by atoms with Crippen LogP contribution in [-0.2, 0) is 6.42 Å². The minimum atomic E-state index is 0.228. The molecule has 22 heavy (non-hydrogen) atoms. The number of ether oxygens (including phenoxy) is 1. The minimum Gasteiger partial charge on any atom is -0.506 e. The lowest BCUT2D eigenvalue weighted by Crippen LogP contribution is -2.14. The molecular formula is C14H10BBr5O2. The second-order valence-corrected chi connectivity index (χ2v) is 8.80. The maximum atomic E-state index is 10.5. The third-order valence-electron chi connectivity index (χ3n) is 3.32. The third-order valence-corrected chi connectivity index (χ3v) is 7.99. The molecule has 2 aromatic carbocycles. The number of aromatic hydroxyl groups is 1. The van der Waals surface area contributed by atoms with Crippen LogP contribution in [0.1, 0.15) is 11.1 Å². The molecule has 0 saturated carbocycles. The molecule has 0 heterocycles. The Bertz CT molecular complexity index is 720. The zero-order valence-electron chi connectivity index (χ0n) is 11.6. The number of methoxy groups -OCH3 is 1. The predicted molar refractivity (Wildman–Crippen MR) is 111 cm³/mol. The van der Waals surface area contributed by atoms with E-state index in [9.17, 15) is 5.11 Å². The third kappa shape index (κ3) is 3.61. The van der Waals surface area contributed by atoms with Gasteiger partial charge in [-0.15, -0.1) is 0 Å². The second-order valence-electron chi connectivity index (χ2n) is 4.65. The van der Waals surface area contributed by atoms with E-state index in [1.54, 1.807) is 7.11 Å². The van der Waals surface area contributed by atoms with E-state index in [0.717, 1.165) is 40.2 Å². The van der Waals surface area contributed by atoms with Crippen molar-refractivity contribution >= 4 is 93.0 Å². The summed E-state index contributed by atoms with van der Waals surface area (Å²) in [6, 6.07) is 3.93. The average Bonchev–Trinajstić information content (AvgIpc) is 2.47. The van der Waals surface area contributed by atoms with Gasteiger partial charge < -0.3 is 9.84 Å². The lowest BCUT2D eigenvalue weighted by molar-refractivity contribution is 0.407. The number of phenols is 1. The summed E-state index contributed by atoms with van der Waals surface area (Å²) >= 11 is 17.4. The number of rotatable bonds is 3. The van der Waals surface area contributed by atoms with E-state index in [4.69, 9.17) is 4.74 Å². The van der Waals surface area contributed by atoms with Crippen molar-refractivity contribution in [1.29, 1.82) is 0 Å². The molecule has 8 heteroatoms. The van der Waals surface area contributed by atoms with Crippen LogP contribution in [0.15, 0.2) is 34.5 Å². The normalized spacial score (nSPS) is 10.8. The van der Waals surface area contributed by atoms with Gasteiger partial charge in [-0.25, -0.2) is 0 Å². The van der Waals surface area contributed by atoms with Gasteiger partial charge in [-0.2, -0.15) is 0 Å². The molecule has 0 aliphatic rings. The van der Waals surface area contributed by atoms with Gasteiger partial charge in [-0.3, -0.25) is 0 Å². The topological polar surface area (TPSA) is 29.5 Å². The second kappa shape index (κ2) is 7.59. The van der Waals surface area contributed by atoms with Crippen molar-refractivity contribution in [3.05, 3.63) is 45.6 Å². The Morgan fingerprint density at radius 2 is 1.68 bits per heavy atom. The van der Waals surface area contributed by atoms with Crippen molar-refractivity contribution in [3.63, 3.8) is 0 Å². The van der Waals surface area contributed by atoms with Gasteiger partial charge in [0.25, 0.3) is 0 Å². The van der Waals surface area contributed by atoms with Gasteiger partial charge in [0, 0.05) is 25.4 Å². The highest BCUT2D eigenvalue weighted by Gasteiger charge is 2.19. The monoisotopic (exact) mass is 616 g/mol. The van der Waals surface area contributed by atoms with E-state index in [2.05, 4.69) is 79.6 Å². The van der Waals surface area contributed by atoms with E-state index >= 15 is 0 Å². The van der Waals surface area contributed by atoms with Gasteiger partial charge >= 0.3 is 0 Å². The van der Waals surface area contributed by atoms with Crippen LogP contribution in [0, 0.1) is 0 Å². The van der Waals surface area contributed by atoms with Crippen LogP contribution in [0.25, 0.3) is 0 Å². The smallest absolute Gasteiger partial charge is 0.141 e. The first-order valence-electron chi connectivity index (χ1n) is 6.14. The summed E-state index contributed by atoms with van der Waals surface area (Å²) in [5, 5.41) is 10.5. The maximum Gasteiger partial charge on any atom is 0.141 e. The molecule has 0 radical (unpaired) electrons. The molecule has 0 atom stereocenters. The molecule has 0 fully saturated rings. The zero-order chi connectivity index (χ0) is 16.6. The summed E-state index contributed by atoms with van der Waals surface area (Å²) in [4.78, 5) is 0. The number of phenolic OH excluding ortho intramolecular Hbond substituents is 1. The first-order valence-corrected chi connectivity index (χ1v) is 10.1. The molecular weight excluding hydrogens is 610 g/mol. The molecule has 0 amide bonds. The highest BCUT2D eigenvalue weighted by molar-refractivity contribution is 9.14. The molecule has 0 unspecified atom stereocenters. The number of hydrogen-bond donors (Lipinski definition) is 1. The van der Waals surface area contributed by atoms with Crippen molar-refractivity contribution in [2.75, 3.05) is 7.11 Å². The molecule has 0 spiro atoms. The molecule has 0 aliphatic heterocycles. The first-order chi connectivity index (χ1) is 10.3. The van der Waals surface area contributed by atoms with Gasteiger partial charge in [0.05, 0.1) is 16.1 Å². The number of benzene rings is 2. The molecule has 1 N–H and O–H groups in total. The van der Waals surface area contributed by atoms with Crippen molar-refractivity contribution < 1.29 is 9.84 Å². The van der Waals surface area contributed by atoms with Crippen LogP contribution in [0.3, 0.4) is 0 Å². The molecule has 2 nitrogen and oxygen atoms in total. The van der Waals surface area contributed by atoms with Crippen molar-refractivity contribution in [2.24, 2.45) is 0 Å².